The summed E-state index contributed by atoms with van der Waals surface area (Å²) >= 11 is 0. The fraction of sp³-hybridized carbons (Fsp3) is 0.462. The Morgan fingerprint density at radius 2 is 1.89 bits per heavy atom. The van der Waals surface area contributed by atoms with Gasteiger partial charge in [0.1, 0.15) is 24.1 Å². The lowest BCUT2D eigenvalue weighted by Crippen LogP contribution is -2.16. The van der Waals surface area contributed by atoms with Crippen molar-refractivity contribution in [1.82, 2.24) is 9.97 Å². The lowest BCUT2D eigenvalue weighted by molar-refractivity contribution is 0.0135. The number of alkyl halides is 2. The quantitative estimate of drug-likeness (QED) is 0.336. The number of ether oxygens (including phenoxy) is 3. The van der Waals surface area contributed by atoms with Crippen molar-refractivity contribution in [1.29, 1.82) is 0 Å². The summed E-state index contributed by atoms with van der Waals surface area (Å²) in [7, 11) is 1.55. The van der Waals surface area contributed by atoms with E-state index in [1.807, 2.05) is 0 Å². The number of benzene rings is 2. The maximum Gasteiger partial charge on any atom is 0.273 e. The molecule has 0 amide bonds. The smallest absolute Gasteiger partial charge is 0.273 e. The molecule has 1 saturated carbocycles. The van der Waals surface area contributed by atoms with Gasteiger partial charge in [-0.1, -0.05) is 18.2 Å². The Bertz CT molecular complexity index is 1230. The van der Waals surface area contributed by atoms with Crippen LogP contribution in [-0.2, 0) is 10.7 Å². The lowest BCUT2D eigenvalue weighted by Gasteiger charge is -2.21. The second-order valence-electron chi connectivity index (χ2n) is 9.25. The van der Waals surface area contributed by atoms with Gasteiger partial charge in [-0.05, 0) is 39.7 Å². The SMILES string of the molecule is COc1cc2nc(C)nc(N[C@H](C)c3cccc(C(C)(F)F)c3F)c2cc1OCCOC1(C)CC1. The number of aromatic nitrogens is 2. The monoisotopic (exact) mass is 489 g/mol. The zero-order valence-corrected chi connectivity index (χ0v) is 20.5. The fourth-order valence-corrected chi connectivity index (χ4v) is 3.90. The van der Waals surface area contributed by atoms with Gasteiger partial charge in [0.25, 0.3) is 5.92 Å². The molecule has 0 unspecified atom stereocenters. The molecule has 2 aromatic carbocycles. The van der Waals surface area contributed by atoms with Gasteiger partial charge < -0.3 is 19.5 Å². The highest BCUT2D eigenvalue weighted by atomic mass is 19.3. The van der Waals surface area contributed by atoms with Gasteiger partial charge in [-0.2, -0.15) is 0 Å². The van der Waals surface area contributed by atoms with Crippen LogP contribution in [0.15, 0.2) is 30.3 Å². The van der Waals surface area contributed by atoms with Crippen LogP contribution in [0.2, 0.25) is 0 Å². The van der Waals surface area contributed by atoms with Crippen LogP contribution in [0, 0.1) is 12.7 Å². The van der Waals surface area contributed by atoms with Crippen molar-refractivity contribution in [2.24, 2.45) is 0 Å². The summed E-state index contributed by atoms with van der Waals surface area (Å²) in [6, 6.07) is 6.86. The van der Waals surface area contributed by atoms with E-state index in [0.717, 1.165) is 18.9 Å². The highest BCUT2D eigenvalue weighted by Gasteiger charge is 2.38. The Balaban J connectivity index is 1.63. The van der Waals surface area contributed by atoms with Crippen molar-refractivity contribution in [3.63, 3.8) is 0 Å². The molecule has 0 radical (unpaired) electrons. The first-order chi connectivity index (χ1) is 16.5. The third kappa shape index (κ3) is 5.61. The normalized spacial score (nSPS) is 15.7. The number of rotatable bonds is 10. The summed E-state index contributed by atoms with van der Waals surface area (Å²) in [6.07, 6.45) is 2.10. The van der Waals surface area contributed by atoms with Crippen LogP contribution in [0.1, 0.15) is 56.6 Å². The number of hydrogen-bond acceptors (Lipinski definition) is 6. The molecule has 3 aromatic rings. The highest BCUT2D eigenvalue weighted by molar-refractivity contribution is 5.92. The predicted octanol–water partition coefficient (Wildman–Crippen LogP) is 6.32. The number of aryl methyl sites for hydroxylation is 1. The summed E-state index contributed by atoms with van der Waals surface area (Å²) in [5.74, 6) is -2.31. The molecular weight excluding hydrogens is 459 g/mol. The minimum Gasteiger partial charge on any atom is -0.493 e. The van der Waals surface area contributed by atoms with Gasteiger partial charge in [-0.25, -0.2) is 23.1 Å². The van der Waals surface area contributed by atoms with Crippen LogP contribution in [0.25, 0.3) is 10.9 Å². The second-order valence-corrected chi connectivity index (χ2v) is 9.25. The Morgan fingerprint density at radius 3 is 2.54 bits per heavy atom. The molecule has 1 N–H and O–H groups in total. The third-order valence-corrected chi connectivity index (χ3v) is 6.16. The van der Waals surface area contributed by atoms with Crippen molar-refractivity contribution in [3.05, 3.63) is 53.1 Å². The van der Waals surface area contributed by atoms with Gasteiger partial charge in [0.15, 0.2) is 11.5 Å². The number of nitrogens with zero attached hydrogens (tertiary/aromatic N) is 2. The molecule has 1 aliphatic rings. The average molecular weight is 490 g/mol. The van der Waals surface area contributed by atoms with Crippen LogP contribution in [0.4, 0.5) is 19.0 Å². The molecule has 0 aliphatic heterocycles. The average Bonchev–Trinajstić information content (AvgIpc) is 3.52. The topological polar surface area (TPSA) is 65.5 Å². The first-order valence-corrected chi connectivity index (χ1v) is 11.6. The number of methoxy groups -OCH3 is 1. The maximum absolute atomic E-state index is 14.9. The summed E-state index contributed by atoms with van der Waals surface area (Å²) in [6.45, 7) is 6.97. The number of fused-ring (bicyclic) bond motifs is 1. The molecule has 0 bridgehead atoms. The predicted molar refractivity (Wildman–Crippen MR) is 128 cm³/mol. The van der Waals surface area contributed by atoms with Gasteiger partial charge in [0, 0.05) is 23.9 Å². The zero-order valence-electron chi connectivity index (χ0n) is 20.5. The number of anilines is 1. The number of hydrogen-bond donors (Lipinski definition) is 1. The van der Waals surface area contributed by atoms with Crippen molar-refractivity contribution in [2.75, 3.05) is 25.6 Å². The summed E-state index contributed by atoms with van der Waals surface area (Å²) in [5, 5.41) is 3.79. The molecule has 35 heavy (non-hydrogen) atoms. The molecule has 0 saturated heterocycles. The van der Waals surface area contributed by atoms with E-state index in [-0.39, 0.29) is 11.2 Å². The maximum atomic E-state index is 14.9. The number of halogens is 3. The Hall–Kier alpha value is -3.07. The van der Waals surface area contributed by atoms with Crippen LogP contribution in [0.5, 0.6) is 11.5 Å². The van der Waals surface area contributed by atoms with Crippen molar-refractivity contribution < 1.29 is 27.4 Å². The molecule has 188 valence electrons. The highest BCUT2D eigenvalue weighted by Crippen LogP contribution is 2.39. The number of nitrogens with one attached hydrogen (secondary N) is 1. The van der Waals surface area contributed by atoms with E-state index < -0.39 is 23.3 Å². The molecule has 0 spiro atoms. The van der Waals surface area contributed by atoms with Crippen LogP contribution >= 0.6 is 0 Å². The molecule has 1 heterocycles. The second kappa shape index (κ2) is 9.53. The van der Waals surface area contributed by atoms with Gasteiger partial charge in [-0.15, -0.1) is 0 Å². The van der Waals surface area contributed by atoms with E-state index >= 15 is 0 Å². The van der Waals surface area contributed by atoms with Crippen LogP contribution < -0.4 is 14.8 Å². The van der Waals surface area contributed by atoms with E-state index in [1.165, 1.54) is 12.1 Å². The molecule has 1 fully saturated rings. The lowest BCUT2D eigenvalue weighted by atomic mass is 10.0. The van der Waals surface area contributed by atoms with Crippen LogP contribution in [0.3, 0.4) is 0 Å². The van der Waals surface area contributed by atoms with E-state index in [0.29, 0.717) is 54.2 Å². The van der Waals surface area contributed by atoms with E-state index in [4.69, 9.17) is 14.2 Å². The summed E-state index contributed by atoms with van der Waals surface area (Å²) in [5.41, 5.74) is 0.0377. The summed E-state index contributed by atoms with van der Waals surface area (Å²) in [4.78, 5) is 8.97. The third-order valence-electron chi connectivity index (χ3n) is 6.16. The minimum absolute atomic E-state index is 0.0380. The van der Waals surface area contributed by atoms with E-state index in [1.54, 1.807) is 33.1 Å². The molecule has 1 aromatic heterocycles. The first-order valence-electron chi connectivity index (χ1n) is 11.6. The minimum atomic E-state index is -3.29. The summed E-state index contributed by atoms with van der Waals surface area (Å²) < 4.78 is 59.9. The molecule has 1 atom stereocenters. The van der Waals surface area contributed by atoms with Crippen LogP contribution in [-0.4, -0.2) is 35.9 Å². The standard InChI is InChI=1S/C26H30F3N3O3/c1-15(17-7-6-8-19(23(17)27)26(4,28)29)30-24-18-13-22(34-11-12-35-25(3)9-10-25)21(33-5)14-20(18)31-16(2)32-24/h6-8,13-15H,9-12H2,1-5H3,(H,30,31,32)/t15-/m1/s1. The van der Waals surface area contributed by atoms with Gasteiger partial charge in [0.05, 0.1) is 36.4 Å². The van der Waals surface area contributed by atoms with Gasteiger partial charge in [0.2, 0.25) is 0 Å². The van der Waals surface area contributed by atoms with Gasteiger partial charge in [-0.3, -0.25) is 0 Å². The molecule has 4 rings (SSSR count). The Labute approximate surface area is 202 Å². The zero-order chi connectivity index (χ0) is 25.4. The fourth-order valence-electron chi connectivity index (χ4n) is 3.90. The van der Waals surface area contributed by atoms with Crippen molar-refractivity contribution in [3.8, 4) is 11.5 Å². The Kier molecular flexibility index (Phi) is 6.81. The van der Waals surface area contributed by atoms with Gasteiger partial charge >= 0.3 is 0 Å². The largest absolute Gasteiger partial charge is 0.493 e. The molecular formula is C26H30F3N3O3. The molecule has 6 nitrogen and oxygen atoms in total. The first kappa shape index (κ1) is 25.0. The van der Waals surface area contributed by atoms with E-state index in [9.17, 15) is 13.2 Å². The Morgan fingerprint density at radius 1 is 1.14 bits per heavy atom. The molecule has 1 aliphatic carbocycles. The van der Waals surface area contributed by atoms with Crippen molar-refractivity contribution >= 4 is 16.7 Å². The van der Waals surface area contributed by atoms with Crippen molar-refractivity contribution in [2.45, 2.75) is 58.1 Å². The van der Waals surface area contributed by atoms with E-state index in [2.05, 4.69) is 22.2 Å². The molecule has 9 heteroatoms.